The minimum Gasteiger partial charge on any atom is -0.325 e. The summed E-state index contributed by atoms with van der Waals surface area (Å²) in [6.45, 7) is 9.43. The number of benzene rings is 3. The minimum absolute atomic E-state index is 0.208. The van der Waals surface area contributed by atoms with Gasteiger partial charge in [0.05, 0.1) is 11.4 Å². The Balaban J connectivity index is 1.91. The summed E-state index contributed by atoms with van der Waals surface area (Å²) in [4.78, 5) is 13.2. The summed E-state index contributed by atoms with van der Waals surface area (Å²) in [6, 6.07) is 19.2. The van der Waals surface area contributed by atoms with Crippen LogP contribution in [0.5, 0.6) is 0 Å². The molecule has 0 atom stereocenters. The molecule has 0 bridgehead atoms. The van der Waals surface area contributed by atoms with E-state index in [1.54, 1.807) is 13.8 Å². The van der Waals surface area contributed by atoms with E-state index in [1.165, 1.54) is 4.31 Å². The zero-order valence-corrected chi connectivity index (χ0v) is 20.8. The van der Waals surface area contributed by atoms with Gasteiger partial charge in [-0.15, -0.1) is 0 Å². The number of nitrogens with zero attached hydrogens (tertiary/aromatic N) is 1. The molecule has 0 saturated carbocycles. The van der Waals surface area contributed by atoms with Gasteiger partial charge in [-0.3, -0.25) is 4.79 Å². The van der Waals surface area contributed by atoms with E-state index in [9.17, 15) is 13.2 Å². The minimum atomic E-state index is -3.88. The van der Waals surface area contributed by atoms with Crippen molar-refractivity contribution in [1.29, 1.82) is 0 Å². The molecule has 0 aliphatic heterocycles. The van der Waals surface area contributed by atoms with Gasteiger partial charge in [0.15, 0.2) is 0 Å². The van der Waals surface area contributed by atoms with E-state index in [0.29, 0.717) is 23.2 Å². The van der Waals surface area contributed by atoms with Gasteiger partial charge in [0, 0.05) is 12.2 Å². The van der Waals surface area contributed by atoms with Crippen LogP contribution in [0.3, 0.4) is 0 Å². The van der Waals surface area contributed by atoms with Gasteiger partial charge < -0.3 is 5.32 Å². The molecule has 0 saturated heterocycles. The van der Waals surface area contributed by atoms with E-state index in [4.69, 9.17) is 0 Å². The molecule has 0 heterocycles. The van der Waals surface area contributed by atoms with Crippen molar-refractivity contribution >= 4 is 21.6 Å². The number of carbonyl (C=O) groups excluding carboxylic acids is 1. The Kier molecular flexibility index (Phi) is 7.72. The lowest BCUT2D eigenvalue weighted by atomic mass is 10.1. The molecule has 0 aromatic heterocycles. The van der Waals surface area contributed by atoms with Crippen molar-refractivity contribution in [3.8, 4) is 0 Å². The molecule has 0 aliphatic carbocycles. The molecular formula is C27H32N2O3S. The number of anilines is 1. The monoisotopic (exact) mass is 464 g/mol. The summed E-state index contributed by atoms with van der Waals surface area (Å²) in [5.41, 5.74) is 6.13. The Labute approximate surface area is 197 Å². The van der Waals surface area contributed by atoms with Crippen molar-refractivity contribution < 1.29 is 13.2 Å². The third-order valence-corrected chi connectivity index (χ3v) is 7.67. The SMILES string of the molecule is Cc1cc(C)cc(NC(=O)CN(CCc2ccccc2)S(=O)(=O)c2c(C)cc(C)cc2C)c1. The Morgan fingerprint density at radius 2 is 1.36 bits per heavy atom. The van der Waals surface area contributed by atoms with E-state index in [1.807, 2.05) is 81.4 Å². The lowest BCUT2D eigenvalue weighted by molar-refractivity contribution is -0.116. The topological polar surface area (TPSA) is 66.5 Å². The summed E-state index contributed by atoms with van der Waals surface area (Å²) >= 11 is 0. The first-order valence-corrected chi connectivity index (χ1v) is 12.5. The van der Waals surface area contributed by atoms with E-state index in [-0.39, 0.29) is 23.9 Å². The van der Waals surface area contributed by atoms with Gasteiger partial charge in [-0.1, -0.05) is 54.1 Å². The molecule has 1 amide bonds. The predicted octanol–water partition coefficient (Wildman–Crippen LogP) is 5.10. The third-order valence-electron chi connectivity index (χ3n) is 5.52. The van der Waals surface area contributed by atoms with Crippen LogP contribution in [0, 0.1) is 34.6 Å². The molecule has 1 N–H and O–H groups in total. The summed E-state index contributed by atoms with van der Waals surface area (Å²) < 4.78 is 28.8. The molecule has 3 aromatic rings. The van der Waals surface area contributed by atoms with E-state index < -0.39 is 10.0 Å². The molecule has 33 heavy (non-hydrogen) atoms. The lowest BCUT2D eigenvalue weighted by Crippen LogP contribution is -2.39. The Bertz CT molecular complexity index is 1210. The maximum Gasteiger partial charge on any atom is 0.244 e. The van der Waals surface area contributed by atoms with Crippen LogP contribution in [-0.4, -0.2) is 31.7 Å². The summed E-state index contributed by atoms with van der Waals surface area (Å²) in [7, 11) is -3.88. The maximum atomic E-state index is 13.7. The smallest absolute Gasteiger partial charge is 0.244 e. The first-order valence-electron chi connectivity index (χ1n) is 11.1. The highest BCUT2D eigenvalue weighted by Gasteiger charge is 2.29. The second kappa shape index (κ2) is 10.3. The quantitative estimate of drug-likeness (QED) is 0.504. The fourth-order valence-corrected chi connectivity index (χ4v) is 6.10. The average molecular weight is 465 g/mol. The van der Waals surface area contributed by atoms with Gasteiger partial charge in [0.2, 0.25) is 15.9 Å². The molecule has 0 radical (unpaired) electrons. The molecule has 6 heteroatoms. The van der Waals surface area contributed by atoms with E-state index >= 15 is 0 Å². The van der Waals surface area contributed by atoms with Gasteiger partial charge in [-0.25, -0.2) is 8.42 Å². The zero-order valence-electron chi connectivity index (χ0n) is 20.0. The first kappa shape index (κ1) is 24.7. The van der Waals surface area contributed by atoms with Crippen molar-refractivity contribution in [2.24, 2.45) is 0 Å². The molecule has 5 nitrogen and oxygen atoms in total. The van der Waals surface area contributed by atoms with Crippen LogP contribution in [0.15, 0.2) is 65.6 Å². The van der Waals surface area contributed by atoms with Gasteiger partial charge in [-0.2, -0.15) is 4.31 Å². The predicted molar refractivity (Wildman–Crippen MR) is 134 cm³/mol. The number of nitrogens with one attached hydrogen (secondary N) is 1. The van der Waals surface area contributed by atoms with Crippen LogP contribution in [0.25, 0.3) is 0 Å². The summed E-state index contributed by atoms with van der Waals surface area (Å²) in [6.07, 6.45) is 0.515. The highest BCUT2D eigenvalue weighted by atomic mass is 32.2. The van der Waals surface area contributed by atoms with Gasteiger partial charge in [0.1, 0.15) is 0 Å². The van der Waals surface area contributed by atoms with Crippen LogP contribution >= 0.6 is 0 Å². The molecule has 0 fully saturated rings. The zero-order chi connectivity index (χ0) is 24.2. The fraction of sp³-hybridized carbons (Fsp3) is 0.296. The van der Waals surface area contributed by atoms with Crippen molar-refractivity contribution in [2.75, 3.05) is 18.4 Å². The molecule has 3 aromatic carbocycles. The van der Waals surface area contributed by atoms with Crippen LogP contribution in [-0.2, 0) is 21.2 Å². The van der Waals surface area contributed by atoms with Gasteiger partial charge in [-0.05, 0) is 81.0 Å². The second-order valence-electron chi connectivity index (χ2n) is 8.73. The number of hydrogen-bond acceptors (Lipinski definition) is 3. The first-order chi connectivity index (χ1) is 15.6. The summed E-state index contributed by atoms with van der Waals surface area (Å²) in [5.74, 6) is -0.362. The number of hydrogen-bond donors (Lipinski definition) is 1. The third kappa shape index (κ3) is 6.30. The number of amides is 1. The van der Waals surface area contributed by atoms with Crippen molar-refractivity contribution in [3.63, 3.8) is 0 Å². The normalized spacial score (nSPS) is 11.6. The van der Waals surface area contributed by atoms with Crippen molar-refractivity contribution in [1.82, 2.24) is 4.31 Å². The molecule has 0 unspecified atom stereocenters. The Morgan fingerprint density at radius 1 is 0.818 bits per heavy atom. The van der Waals surface area contributed by atoms with E-state index in [2.05, 4.69) is 5.32 Å². The lowest BCUT2D eigenvalue weighted by Gasteiger charge is -2.24. The van der Waals surface area contributed by atoms with Crippen LogP contribution in [0.4, 0.5) is 5.69 Å². The second-order valence-corrected chi connectivity index (χ2v) is 10.6. The standard InChI is InChI=1S/C27H32N2O3S/c1-19-13-20(2)17-25(16-19)28-26(30)18-29(12-11-24-9-7-6-8-10-24)33(31,32)27-22(4)14-21(3)15-23(27)5/h6-10,13-17H,11-12,18H2,1-5H3,(H,28,30). The Morgan fingerprint density at radius 3 is 1.94 bits per heavy atom. The van der Waals surface area contributed by atoms with Crippen LogP contribution < -0.4 is 5.32 Å². The highest BCUT2D eigenvalue weighted by molar-refractivity contribution is 7.89. The average Bonchev–Trinajstić information content (AvgIpc) is 2.70. The fourth-order valence-electron chi connectivity index (χ4n) is 4.29. The molecule has 0 aliphatic rings. The molecule has 174 valence electrons. The number of aryl methyl sites for hydroxylation is 5. The van der Waals surface area contributed by atoms with Crippen LogP contribution in [0.2, 0.25) is 0 Å². The number of carbonyl (C=O) groups is 1. The largest absolute Gasteiger partial charge is 0.325 e. The molecular weight excluding hydrogens is 432 g/mol. The Hall–Kier alpha value is -2.96. The highest BCUT2D eigenvalue weighted by Crippen LogP contribution is 2.26. The number of rotatable bonds is 8. The maximum absolute atomic E-state index is 13.7. The van der Waals surface area contributed by atoms with Crippen LogP contribution in [0.1, 0.15) is 33.4 Å². The van der Waals surface area contributed by atoms with E-state index in [0.717, 1.165) is 22.3 Å². The molecule has 3 rings (SSSR count). The summed E-state index contributed by atoms with van der Waals surface area (Å²) in [5, 5.41) is 2.87. The van der Waals surface area contributed by atoms with Gasteiger partial charge >= 0.3 is 0 Å². The van der Waals surface area contributed by atoms with Crippen molar-refractivity contribution in [3.05, 3.63) is 94.0 Å². The molecule has 0 spiro atoms. The van der Waals surface area contributed by atoms with Gasteiger partial charge in [0.25, 0.3) is 0 Å². The number of sulfonamides is 1. The van der Waals surface area contributed by atoms with Crippen molar-refractivity contribution in [2.45, 2.75) is 45.9 Å².